The van der Waals surface area contributed by atoms with E-state index in [9.17, 15) is 12.8 Å². The van der Waals surface area contributed by atoms with Crippen LogP contribution in [0.25, 0.3) is 22.6 Å². The first kappa shape index (κ1) is 19.8. The van der Waals surface area contributed by atoms with E-state index in [1.54, 1.807) is 12.1 Å². The molecule has 0 aliphatic heterocycles. The van der Waals surface area contributed by atoms with Gasteiger partial charge in [-0.1, -0.05) is 42.5 Å². The maximum absolute atomic E-state index is 13.1. The predicted octanol–water partition coefficient (Wildman–Crippen LogP) is 4.37. The van der Waals surface area contributed by atoms with Gasteiger partial charge >= 0.3 is 0 Å². The Labute approximate surface area is 172 Å². The van der Waals surface area contributed by atoms with Crippen molar-refractivity contribution in [1.29, 1.82) is 0 Å². The van der Waals surface area contributed by atoms with E-state index in [4.69, 9.17) is 14.3 Å². The molecule has 0 saturated heterocycles. The molecule has 0 radical (unpaired) electrons. The van der Waals surface area contributed by atoms with Gasteiger partial charge in [0.2, 0.25) is 15.9 Å². The molecular weight excluding hydrogens is 407 g/mol. The maximum Gasteiger partial charge on any atom is 0.238 e. The highest BCUT2D eigenvalue weighted by atomic mass is 32.2. The number of rotatable bonds is 6. The van der Waals surface area contributed by atoms with Gasteiger partial charge in [0.25, 0.3) is 0 Å². The number of hydrogen-bond acceptors (Lipinski definition) is 5. The Balaban J connectivity index is 1.68. The Morgan fingerprint density at radius 3 is 2.20 bits per heavy atom. The van der Waals surface area contributed by atoms with E-state index in [1.165, 1.54) is 36.4 Å². The fourth-order valence-corrected chi connectivity index (χ4v) is 3.40. The first-order chi connectivity index (χ1) is 14.4. The number of nitrogens with two attached hydrogens (primary N) is 1. The van der Waals surface area contributed by atoms with Gasteiger partial charge in [-0.15, -0.1) is 0 Å². The number of benzene rings is 3. The van der Waals surface area contributed by atoms with Crippen LogP contribution < -0.4 is 9.88 Å². The second-order valence-electron chi connectivity index (χ2n) is 6.46. The van der Waals surface area contributed by atoms with E-state index in [-0.39, 0.29) is 17.3 Å². The monoisotopic (exact) mass is 424 g/mol. The van der Waals surface area contributed by atoms with Gasteiger partial charge in [0.05, 0.1) is 4.90 Å². The topological polar surface area (TPSA) is 95.4 Å². The molecule has 1 aromatic heterocycles. The first-order valence-corrected chi connectivity index (χ1v) is 10.5. The van der Waals surface area contributed by atoms with Crippen LogP contribution in [0.5, 0.6) is 5.75 Å². The zero-order valence-electron chi connectivity index (χ0n) is 15.7. The van der Waals surface area contributed by atoms with E-state index in [0.717, 1.165) is 5.56 Å². The summed E-state index contributed by atoms with van der Waals surface area (Å²) in [5, 5.41) is 5.17. The van der Waals surface area contributed by atoms with Gasteiger partial charge in [-0.25, -0.2) is 22.9 Å². The Kier molecular flexibility index (Phi) is 5.35. The Hall–Kier alpha value is -3.49. The summed E-state index contributed by atoms with van der Waals surface area (Å²) < 4.78 is 47.7. The number of halogens is 1. The molecule has 0 spiro atoms. The predicted molar refractivity (Wildman–Crippen MR) is 109 cm³/mol. The molecule has 0 atom stereocenters. The SMILES string of the molecule is NS(=O)(=O)c1ccc(-c2nc(COc3ccc(F)cc3)oc2-c2ccccc2)cc1. The molecular formula is C22H17FN2O4S. The number of nitrogens with zero attached hydrogens (tertiary/aromatic N) is 1. The van der Waals surface area contributed by atoms with E-state index in [2.05, 4.69) is 4.98 Å². The van der Waals surface area contributed by atoms with Crippen LogP contribution in [-0.4, -0.2) is 13.4 Å². The normalized spacial score (nSPS) is 11.4. The van der Waals surface area contributed by atoms with Crippen molar-refractivity contribution in [3.8, 4) is 28.3 Å². The van der Waals surface area contributed by atoms with Crippen LogP contribution in [-0.2, 0) is 16.6 Å². The lowest BCUT2D eigenvalue weighted by molar-refractivity contribution is 0.264. The number of aromatic nitrogens is 1. The quantitative estimate of drug-likeness (QED) is 0.496. The van der Waals surface area contributed by atoms with Crippen molar-refractivity contribution in [3.63, 3.8) is 0 Å². The highest BCUT2D eigenvalue weighted by molar-refractivity contribution is 7.89. The molecule has 3 aromatic carbocycles. The smallest absolute Gasteiger partial charge is 0.238 e. The summed E-state index contributed by atoms with van der Waals surface area (Å²) >= 11 is 0. The molecule has 0 fully saturated rings. The van der Waals surface area contributed by atoms with Crippen molar-refractivity contribution >= 4 is 10.0 Å². The van der Waals surface area contributed by atoms with E-state index >= 15 is 0 Å². The molecule has 8 heteroatoms. The molecule has 0 unspecified atom stereocenters. The van der Waals surface area contributed by atoms with Crippen molar-refractivity contribution < 1.29 is 22.0 Å². The van der Waals surface area contributed by atoms with Gasteiger partial charge in [0.15, 0.2) is 12.4 Å². The molecule has 0 amide bonds. The third-order valence-corrected chi connectivity index (χ3v) is 5.27. The number of primary sulfonamides is 1. The molecule has 2 N–H and O–H groups in total. The highest BCUT2D eigenvalue weighted by Crippen LogP contribution is 2.33. The molecule has 30 heavy (non-hydrogen) atoms. The third-order valence-electron chi connectivity index (χ3n) is 4.34. The average Bonchev–Trinajstić information content (AvgIpc) is 3.18. The molecule has 152 valence electrons. The Bertz CT molecular complexity index is 1250. The summed E-state index contributed by atoms with van der Waals surface area (Å²) in [6.45, 7) is 0.0424. The summed E-state index contributed by atoms with van der Waals surface area (Å²) in [6.07, 6.45) is 0. The largest absolute Gasteiger partial charge is 0.484 e. The van der Waals surface area contributed by atoms with Crippen LogP contribution in [0, 0.1) is 5.82 Å². The zero-order valence-corrected chi connectivity index (χ0v) is 16.5. The summed E-state index contributed by atoms with van der Waals surface area (Å²) in [6, 6.07) is 21.1. The van der Waals surface area contributed by atoms with Gasteiger partial charge in [0, 0.05) is 11.1 Å². The van der Waals surface area contributed by atoms with E-state index in [0.29, 0.717) is 28.7 Å². The fraction of sp³-hybridized carbons (Fsp3) is 0.0455. The fourth-order valence-electron chi connectivity index (χ4n) is 2.89. The second-order valence-corrected chi connectivity index (χ2v) is 8.02. The summed E-state index contributed by atoms with van der Waals surface area (Å²) in [4.78, 5) is 4.54. The lowest BCUT2D eigenvalue weighted by Crippen LogP contribution is -2.11. The molecule has 0 saturated carbocycles. The van der Waals surface area contributed by atoms with Crippen LogP contribution in [0.3, 0.4) is 0 Å². The molecule has 0 aliphatic carbocycles. The van der Waals surface area contributed by atoms with Crippen molar-refractivity contribution in [2.45, 2.75) is 11.5 Å². The van der Waals surface area contributed by atoms with Crippen molar-refractivity contribution in [1.82, 2.24) is 4.98 Å². The van der Waals surface area contributed by atoms with Crippen LogP contribution in [0.4, 0.5) is 4.39 Å². The number of hydrogen-bond donors (Lipinski definition) is 1. The molecule has 0 bridgehead atoms. The first-order valence-electron chi connectivity index (χ1n) is 8.97. The average molecular weight is 424 g/mol. The lowest BCUT2D eigenvalue weighted by Gasteiger charge is -2.03. The van der Waals surface area contributed by atoms with Crippen LogP contribution >= 0.6 is 0 Å². The van der Waals surface area contributed by atoms with E-state index < -0.39 is 10.0 Å². The maximum atomic E-state index is 13.1. The van der Waals surface area contributed by atoms with Crippen molar-refractivity contribution in [3.05, 3.63) is 90.6 Å². The van der Waals surface area contributed by atoms with Crippen molar-refractivity contribution in [2.24, 2.45) is 5.14 Å². The van der Waals surface area contributed by atoms with Crippen LogP contribution in [0.2, 0.25) is 0 Å². The van der Waals surface area contributed by atoms with Gasteiger partial charge in [-0.2, -0.15) is 0 Å². The Morgan fingerprint density at radius 1 is 0.900 bits per heavy atom. The summed E-state index contributed by atoms with van der Waals surface area (Å²) in [7, 11) is -3.79. The third kappa shape index (κ3) is 4.40. The van der Waals surface area contributed by atoms with Gasteiger partial charge in [-0.05, 0) is 36.4 Å². The van der Waals surface area contributed by atoms with Crippen LogP contribution in [0.15, 0.2) is 88.2 Å². The molecule has 4 rings (SSSR count). The second kappa shape index (κ2) is 8.10. The minimum absolute atomic E-state index is 0.0101. The minimum atomic E-state index is -3.79. The van der Waals surface area contributed by atoms with Gasteiger partial charge in [0.1, 0.15) is 17.3 Å². The Morgan fingerprint density at radius 2 is 1.57 bits per heavy atom. The molecule has 0 aliphatic rings. The lowest BCUT2D eigenvalue weighted by atomic mass is 10.1. The van der Waals surface area contributed by atoms with Crippen molar-refractivity contribution in [2.75, 3.05) is 0 Å². The number of ether oxygens (including phenoxy) is 1. The molecule has 1 heterocycles. The molecule has 4 aromatic rings. The molecule has 6 nitrogen and oxygen atoms in total. The summed E-state index contributed by atoms with van der Waals surface area (Å²) in [5.41, 5.74) is 2.02. The van der Waals surface area contributed by atoms with E-state index in [1.807, 2.05) is 30.3 Å². The van der Waals surface area contributed by atoms with Gasteiger partial charge in [-0.3, -0.25) is 0 Å². The highest BCUT2D eigenvalue weighted by Gasteiger charge is 2.18. The minimum Gasteiger partial charge on any atom is -0.484 e. The number of sulfonamides is 1. The summed E-state index contributed by atoms with van der Waals surface area (Å²) in [5.74, 6) is 0.977. The standard InChI is InChI=1S/C22H17FN2O4S/c23-17-8-10-18(11-9-17)28-14-20-25-21(22(29-20)16-4-2-1-3-5-16)15-6-12-19(13-7-15)30(24,26)27/h1-13H,14H2,(H2,24,26,27). The van der Waals surface area contributed by atoms with Gasteiger partial charge < -0.3 is 9.15 Å². The number of oxazole rings is 1. The van der Waals surface area contributed by atoms with Crippen LogP contribution in [0.1, 0.15) is 5.89 Å². The zero-order chi connectivity index (χ0) is 21.1.